The number of benzene rings is 1. The Balaban J connectivity index is 2.22. The first kappa shape index (κ1) is 14.6. The van der Waals surface area contributed by atoms with E-state index in [2.05, 4.69) is 55.7 Å². The monoisotopic (exact) mass is 248 g/mol. The Hall–Kier alpha value is -1.51. The van der Waals surface area contributed by atoms with E-state index in [-0.39, 0.29) is 5.91 Å². The molecule has 0 aliphatic heterocycles. The van der Waals surface area contributed by atoms with Gasteiger partial charge in [-0.1, -0.05) is 32.9 Å². The van der Waals surface area contributed by atoms with Crippen molar-refractivity contribution in [2.45, 2.75) is 33.6 Å². The highest BCUT2D eigenvalue weighted by atomic mass is 16.1. The van der Waals surface area contributed by atoms with Gasteiger partial charge in [-0.3, -0.25) is 4.79 Å². The summed E-state index contributed by atoms with van der Waals surface area (Å²) >= 11 is 0. The van der Waals surface area contributed by atoms with Gasteiger partial charge in [0, 0.05) is 25.2 Å². The number of amides is 1. The van der Waals surface area contributed by atoms with Crippen LogP contribution in [0.3, 0.4) is 0 Å². The summed E-state index contributed by atoms with van der Waals surface area (Å²) in [5.41, 5.74) is 2.40. The molecule has 0 heterocycles. The lowest BCUT2D eigenvalue weighted by molar-refractivity contribution is -0.120. The smallest absolute Gasteiger partial charge is 0.221 e. The van der Waals surface area contributed by atoms with E-state index in [1.807, 2.05) is 0 Å². The molecule has 0 unspecified atom stereocenters. The Kier molecular flexibility index (Phi) is 6.26. The number of hydrogen-bond donors (Lipinski definition) is 2. The maximum Gasteiger partial charge on any atom is 0.221 e. The van der Waals surface area contributed by atoms with Crippen LogP contribution in [0.2, 0.25) is 0 Å². The van der Waals surface area contributed by atoms with Crippen molar-refractivity contribution >= 4 is 11.6 Å². The lowest BCUT2D eigenvalue weighted by Crippen LogP contribution is -2.28. The quantitative estimate of drug-likeness (QED) is 0.779. The van der Waals surface area contributed by atoms with Crippen LogP contribution in [0, 0.1) is 5.92 Å². The van der Waals surface area contributed by atoms with Gasteiger partial charge in [-0.15, -0.1) is 0 Å². The standard InChI is InChI=1S/C15H24N2O/c1-4-13-5-7-14(8-6-13)16-10-9-15(18)17-11-12(2)3/h5-8,12,16H,4,9-11H2,1-3H3,(H,17,18). The average molecular weight is 248 g/mol. The number of hydrogen-bond acceptors (Lipinski definition) is 2. The molecule has 0 aromatic heterocycles. The molecule has 3 nitrogen and oxygen atoms in total. The van der Waals surface area contributed by atoms with Gasteiger partial charge in [0.15, 0.2) is 0 Å². The molecule has 1 aromatic carbocycles. The SMILES string of the molecule is CCc1ccc(NCCC(=O)NCC(C)C)cc1. The predicted molar refractivity (Wildman–Crippen MR) is 76.8 cm³/mol. The molecule has 100 valence electrons. The van der Waals surface area contributed by atoms with Gasteiger partial charge in [0.05, 0.1) is 0 Å². The van der Waals surface area contributed by atoms with Gasteiger partial charge in [-0.2, -0.15) is 0 Å². The van der Waals surface area contributed by atoms with E-state index >= 15 is 0 Å². The summed E-state index contributed by atoms with van der Waals surface area (Å²) in [5, 5.41) is 6.16. The van der Waals surface area contributed by atoms with E-state index in [0.717, 1.165) is 18.7 Å². The molecule has 0 spiro atoms. The fraction of sp³-hybridized carbons (Fsp3) is 0.533. The number of nitrogens with one attached hydrogen (secondary N) is 2. The van der Waals surface area contributed by atoms with Gasteiger partial charge < -0.3 is 10.6 Å². The molecular formula is C15H24N2O. The van der Waals surface area contributed by atoms with Crippen LogP contribution >= 0.6 is 0 Å². The Bertz CT molecular complexity index is 357. The molecule has 0 atom stereocenters. The summed E-state index contributed by atoms with van der Waals surface area (Å²) in [6.45, 7) is 7.75. The molecule has 1 aromatic rings. The molecule has 2 N–H and O–H groups in total. The molecule has 0 radical (unpaired) electrons. The maximum absolute atomic E-state index is 11.5. The highest BCUT2D eigenvalue weighted by molar-refractivity contribution is 5.76. The molecule has 18 heavy (non-hydrogen) atoms. The minimum atomic E-state index is 0.112. The average Bonchev–Trinajstić information content (AvgIpc) is 2.37. The molecule has 0 aliphatic carbocycles. The van der Waals surface area contributed by atoms with E-state index in [0.29, 0.717) is 18.9 Å². The molecule has 0 fully saturated rings. The Labute approximate surface area is 110 Å². The summed E-state index contributed by atoms with van der Waals surface area (Å²) in [6.07, 6.45) is 1.57. The second kappa shape index (κ2) is 7.75. The lowest BCUT2D eigenvalue weighted by Gasteiger charge is -2.09. The van der Waals surface area contributed by atoms with Gasteiger partial charge in [0.2, 0.25) is 5.91 Å². The van der Waals surface area contributed by atoms with E-state index in [4.69, 9.17) is 0 Å². The Morgan fingerprint density at radius 1 is 1.22 bits per heavy atom. The molecule has 1 rings (SSSR count). The van der Waals surface area contributed by atoms with Crippen LogP contribution in [0.5, 0.6) is 0 Å². The fourth-order valence-electron chi connectivity index (χ4n) is 1.59. The largest absolute Gasteiger partial charge is 0.385 e. The van der Waals surface area contributed by atoms with Crippen LogP contribution < -0.4 is 10.6 Å². The van der Waals surface area contributed by atoms with Gasteiger partial charge in [0.25, 0.3) is 0 Å². The maximum atomic E-state index is 11.5. The van der Waals surface area contributed by atoms with Crippen molar-refractivity contribution in [3.05, 3.63) is 29.8 Å². The third-order valence-corrected chi connectivity index (χ3v) is 2.75. The number of rotatable bonds is 7. The van der Waals surface area contributed by atoms with Crippen molar-refractivity contribution in [1.29, 1.82) is 0 Å². The van der Waals surface area contributed by atoms with E-state index in [1.54, 1.807) is 0 Å². The molecular weight excluding hydrogens is 224 g/mol. The van der Waals surface area contributed by atoms with Crippen LogP contribution in [0.4, 0.5) is 5.69 Å². The molecule has 0 saturated heterocycles. The van der Waals surface area contributed by atoms with Gasteiger partial charge in [0.1, 0.15) is 0 Å². The third kappa shape index (κ3) is 5.71. The van der Waals surface area contributed by atoms with Crippen molar-refractivity contribution in [1.82, 2.24) is 5.32 Å². The minimum Gasteiger partial charge on any atom is -0.385 e. The van der Waals surface area contributed by atoms with E-state index < -0.39 is 0 Å². The van der Waals surface area contributed by atoms with Crippen LogP contribution in [-0.2, 0) is 11.2 Å². The van der Waals surface area contributed by atoms with Crippen LogP contribution in [-0.4, -0.2) is 19.0 Å². The number of carbonyl (C=O) groups is 1. The lowest BCUT2D eigenvalue weighted by atomic mass is 10.1. The van der Waals surface area contributed by atoms with Crippen molar-refractivity contribution in [2.24, 2.45) is 5.92 Å². The summed E-state index contributed by atoms with van der Waals surface area (Å²) in [7, 11) is 0. The molecule has 1 amide bonds. The first-order valence-electron chi connectivity index (χ1n) is 6.71. The molecule has 3 heteroatoms. The number of aryl methyl sites for hydroxylation is 1. The topological polar surface area (TPSA) is 41.1 Å². The summed E-state index contributed by atoms with van der Waals surface area (Å²) in [4.78, 5) is 11.5. The van der Waals surface area contributed by atoms with Crippen molar-refractivity contribution < 1.29 is 4.79 Å². The first-order valence-corrected chi connectivity index (χ1v) is 6.71. The third-order valence-electron chi connectivity index (χ3n) is 2.75. The van der Waals surface area contributed by atoms with Crippen molar-refractivity contribution in [3.8, 4) is 0 Å². The van der Waals surface area contributed by atoms with Crippen LogP contribution in [0.25, 0.3) is 0 Å². The fourth-order valence-corrected chi connectivity index (χ4v) is 1.59. The normalized spacial score (nSPS) is 10.4. The van der Waals surface area contributed by atoms with E-state index in [1.165, 1.54) is 5.56 Å². The first-order chi connectivity index (χ1) is 8.61. The zero-order chi connectivity index (χ0) is 13.4. The molecule has 0 aliphatic rings. The van der Waals surface area contributed by atoms with Crippen LogP contribution in [0.15, 0.2) is 24.3 Å². The summed E-state index contributed by atoms with van der Waals surface area (Å²) in [6, 6.07) is 8.35. The summed E-state index contributed by atoms with van der Waals surface area (Å²) < 4.78 is 0. The number of anilines is 1. The number of carbonyl (C=O) groups excluding carboxylic acids is 1. The zero-order valence-electron chi connectivity index (χ0n) is 11.6. The predicted octanol–water partition coefficient (Wildman–Crippen LogP) is 2.82. The van der Waals surface area contributed by atoms with Gasteiger partial charge in [-0.05, 0) is 30.0 Å². The Morgan fingerprint density at radius 2 is 1.89 bits per heavy atom. The van der Waals surface area contributed by atoms with E-state index in [9.17, 15) is 4.79 Å². The van der Waals surface area contributed by atoms with Gasteiger partial charge >= 0.3 is 0 Å². The molecule has 0 saturated carbocycles. The second-order valence-electron chi connectivity index (χ2n) is 4.93. The van der Waals surface area contributed by atoms with Crippen LogP contribution in [0.1, 0.15) is 32.8 Å². The summed E-state index contributed by atoms with van der Waals surface area (Å²) in [5.74, 6) is 0.616. The van der Waals surface area contributed by atoms with Gasteiger partial charge in [-0.25, -0.2) is 0 Å². The highest BCUT2D eigenvalue weighted by Crippen LogP contribution is 2.09. The second-order valence-corrected chi connectivity index (χ2v) is 4.93. The van der Waals surface area contributed by atoms with Crippen molar-refractivity contribution in [3.63, 3.8) is 0 Å². The zero-order valence-corrected chi connectivity index (χ0v) is 11.6. The minimum absolute atomic E-state index is 0.112. The Morgan fingerprint density at radius 3 is 2.44 bits per heavy atom. The highest BCUT2D eigenvalue weighted by Gasteiger charge is 2.01. The van der Waals surface area contributed by atoms with Crippen molar-refractivity contribution in [2.75, 3.05) is 18.4 Å². The molecule has 0 bridgehead atoms.